The van der Waals surface area contributed by atoms with Crippen LogP contribution >= 0.6 is 23.6 Å². The SMILES string of the molecule is Cc1csc(NC(=S)NC[C@@H]2CCCO2)n1. The Kier molecular flexibility index (Phi) is 4.09. The Labute approximate surface area is 104 Å². The molecule has 0 bridgehead atoms. The van der Waals surface area contributed by atoms with Crippen molar-refractivity contribution in [2.45, 2.75) is 25.9 Å². The fourth-order valence-corrected chi connectivity index (χ4v) is 2.50. The number of ether oxygens (including phenoxy) is 1. The van der Waals surface area contributed by atoms with Crippen LogP contribution in [-0.2, 0) is 4.74 Å². The molecule has 1 aromatic rings. The fraction of sp³-hybridized carbons (Fsp3) is 0.600. The second kappa shape index (κ2) is 5.56. The molecule has 2 heterocycles. The van der Waals surface area contributed by atoms with Crippen LogP contribution < -0.4 is 10.6 Å². The van der Waals surface area contributed by atoms with Crippen molar-refractivity contribution < 1.29 is 4.74 Å². The molecule has 0 amide bonds. The molecule has 0 radical (unpaired) electrons. The predicted molar refractivity (Wildman–Crippen MR) is 70.0 cm³/mol. The average molecular weight is 257 g/mol. The van der Waals surface area contributed by atoms with Gasteiger partial charge in [-0.05, 0) is 32.0 Å². The van der Waals surface area contributed by atoms with E-state index in [0.29, 0.717) is 11.2 Å². The second-order valence-electron chi connectivity index (χ2n) is 3.76. The summed E-state index contributed by atoms with van der Waals surface area (Å²) in [5.41, 5.74) is 1.01. The molecule has 2 N–H and O–H groups in total. The highest BCUT2D eigenvalue weighted by atomic mass is 32.1. The zero-order valence-electron chi connectivity index (χ0n) is 9.16. The first-order valence-corrected chi connectivity index (χ1v) is 6.61. The van der Waals surface area contributed by atoms with E-state index in [0.717, 1.165) is 36.8 Å². The topological polar surface area (TPSA) is 46.2 Å². The summed E-state index contributed by atoms with van der Waals surface area (Å²) in [6, 6.07) is 0. The van der Waals surface area contributed by atoms with E-state index < -0.39 is 0 Å². The van der Waals surface area contributed by atoms with Crippen LogP contribution in [0, 0.1) is 6.92 Å². The number of anilines is 1. The number of thiazole rings is 1. The molecule has 88 valence electrons. The van der Waals surface area contributed by atoms with Gasteiger partial charge < -0.3 is 15.4 Å². The molecule has 1 atom stereocenters. The molecule has 16 heavy (non-hydrogen) atoms. The van der Waals surface area contributed by atoms with Crippen molar-refractivity contribution in [1.29, 1.82) is 0 Å². The third kappa shape index (κ3) is 3.40. The highest BCUT2D eigenvalue weighted by Crippen LogP contribution is 2.14. The first-order valence-electron chi connectivity index (χ1n) is 5.32. The molecule has 0 aliphatic carbocycles. The Morgan fingerprint density at radius 2 is 2.62 bits per heavy atom. The van der Waals surface area contributed by atoms with Crippen molar-refractivity contribution in [3.63, 3.8) is 0 Å². The number of thiocarbonyl (C=S) groups is 1. The summed E-state index contributed by atoms with van der Waals surface area (Å²) >= 11 is 6.72. The van der Waals surface area contributed by atoms with Crippen molar-refractivity contribution in [3.8, 4) is 0 Å². The number of rotatable bonds is 3. The van der Waals surface area contributed by atoms with Crippen molar-refractivity contribution in [2.75, 3.05) is 18.5 Å². The zero-order chi connectivity index (χ0) is 11.4. The molecule has 4 nitrogen and oxygen atoms in total. The molecule has 1 aromatic heterocycles. The minimum atomic E-state index is 0.304. The highest BCUT2D eigenvalue weighted by molar-refractivity contribution is 7.80. The molecule has 0 unspecified atom stereocenters. The lowest BCUT2D eigenvalue weighted by Crippen LogP contribution is -2.34. The Balaban J connectivity index is 1.71. The summed E-state index contributed by atoms with van der Waals surface area (Å²) in [7, 11) is 0. The van der Waals surface area contributed by atoms with E-state index in [1.54, 1.807) is 11.3 Å². The van der Waals surface area contributed by atoms with Gasteiger partial charge in [0.25, 0.3) is 0 Å². The van der Waals surface area contributed by atoms with Gasteiger partial charge >= 0.3 is 0 Å². The Bertz CT molecular complexity index is 361. The van der Waals surface area contributed by atoms with Crippen molar-refractivity contribution in [3.05, 3.63) is 11.1 Å². The maximum absolute atomic E-state index is 5.49. The maximum Gasteiger partial charge on any atom is 0.189 e. The van der Waals surface area contributed by atoms with Gasteiger partial charge in [-0.2, -0.15) is 0 Å². The molecule has 2 rings (SSSR count). The third-order valence-electron chi connectivity index (χ3n) is 2.35. The van der Waals surface area contributed by atoms with E-state index in [1.807, 2.05) is 12.3 Å². The number of hydrogen-bond donors (Lipinski definition) is 2. The minimum absolute atomic E-state index is 0.304. The summed E-state index contributed by atoms with van der Waals surface area (Å²) in [6.45, 7) is 3.61. The molecule has 0 aromatic carbocycles. The number of nitrogens with one attached hydrogen (secondary N) is 2. The predicted octanol–water partition coefficient (Wildman–Crippen LogP) is 1.92. The van der Waals surface area contributed by atoms with Crippen LogP contribution in [-0.4, -0.2) is 29.4 Å². The van der Waals surface area contributed by atoms with E-state index in [1.165, 1.54) is 0 Å². The molecule has 1 aliphatic heterocycles. The summed E-state index contributed by atoms with van der Waals surface area (Å²) in [5.74, 6) is 0. The van der Waals surface area contributed by atoms with E-state index in [9.17, 15) is 0 Å². The Morgan fingerprint density at radius 3 is 3.25 bits per heavy atom. The molecule has 0 spiro atoms. The normalized spacial score (nSPS) is 19.7. The monoisotopic (exact) mass is 257 g/mol. The Morgan fingerprint density at radius 1 is 1.75 bits per heavy atom. The van der Waals surface area contributed by atoms with Gasteiger partial charge in [0.2, 0.25) is 0 Å². The van der Waals surface area contributed by atoms with E-state index >= 15 is 0 Å². The largest absolute Gasteiger partial charge is 0.376 e. The number of aromatic nitrogens is 1. The van der Waals surface area contributed by atoms with Crippen LogP contribution in [0.4, 0.5) is 5.13 Å². The first kappa shape index (κ1) is 11.8. The molecule has 0 saturated carbocycles. The molecular weight excluding hydrogens is 242 g/mol. The molecule has 1 fully saturated rings. The van der Waals surface area contributed by atoms with Crippen LogP contribution in [0.15, 0.2) is 5.38 Å². The van der Waals surface area contributed by atoms with E-state index in [-0.39, 0.29) is 0 Å². The average Bonchev–Trinajstić information content (AvgIpc) is 2.87. The number of aryl methyl sites for hydroxylation is 1. The van der Waals surface area contributed by atoms with Gasteiger partial charge in [-0.3, -0.25) is 0 Å². The van der Waals surface area contributed by atoms with E-state index in [4.69, 9.17) is 17.0 Å². The lowest BCUT2D eigenvalue weighted by molar-refractivity contribution is 0.114. The van der Waals surface area contributed by atoms with Gasteiger partial charge in [0, 0.05) is 18.5 Å². The van der Waals surface area contributed by atoms with Crippen LogP contribution in [0.2, 0.25) is 0 Å². The maximum atomic E-state index is 5.49. The quantitative estimate of drug-likeness (QED) is 0.810. The summed E-state index contributed by atoms with van der Waals surface area (Å²) < 4.78 is 5.49. The van der Waals surface area contributed by atoms with E-state index in [2.05, 4.69) is 15.6 Å². The molecule has 1 saturated heterocycles. The standard InChI is InChI=1S/C10H15N3OS2/c1-7-6-16-10(12-7)13-9(15)11-5-8-3-2-4-14-8/h6,8H,2-5H2,1H3,(H2,11,12,13,15)/t8-/m0/s1. The van der Waals surface area contributed by atoms with Crippen LogP contribution in [0.3, 0.4) is 0 Å². The third-order valence-corrected chi connectivity index (χ3v) is 3.48. The zero-order valence-corrected chi connectivity index (χ0v) is 10.8. The van der Waals surface area contributed by atoms with Gasteiger partial charge in [0.15, 0.2) is 10.2 Å². The fourth-order valence-electron chi connectivity index (χ4n) is 1.56. The minimum Gasteiger partial charge on any atom is -0.376 e. The lowest BCUT2D eigenvalue weighted by Gasteiger charge is -2.12. The highest BCUT2D eigenvalue weighted by Gasteiger charge is 2.15. The Hall–Kier alpha value is -0.720. The van der Waals surface area contributed by atoms with Crippen LogP contribution in [0.1, 0.15) is 18.5 Å². The second-order valence-corrected chi connectivity index (χ2v) is 5.03. The molecule has 1 aliphatic rings. The van der Waals surface area contributed by atoms with Gasteiger partial charge in [-0.1, -0.05) is 0 Å². The lowest BCUT2D eigenvalue weighted by atomic mass is 10.2. The number of hydrogen-bond acceptors (Lipinski definition) is 4. The van der Waals surface area contributed by atoms with Crippen LogP contribution in [0.5, 0.6) is 0 Å². The van der Waals surface area contributed by atoms with Gasteiger partial charge in [-0.15, -0.1) is 11.3 Å². The number of nitrogens with zero attached hydrogens (tertiary/aromatic N) is 1. The first-order chi connectivity index (χ1) is 7.74. The summed E-state index contributed by atoms with van der Waals surface area (Å²) in [5, 5.41) is 9.65. The van der Waals surface area contributed by atoms with Crippen molar-refractivity contribution >= 4 is 33.8 Å². The van der Waals surface area contributed by atoms with Gasteiger partial charge in [-0.25, -0.2) is 4.98 Å². The smallest absolute Gasteiger partial charge is 0.189 e. The van der Waals surface area contributed by atoms with Crippen molar-refractivity contribution in [1.82, 2.24) is 10.3 Å². The van der Waals surface area contributed by atoms with Crippen molar-refractivity contribution in [2.24, 2.45) is 0 Å². The molecule has 6 heteroatoms. The van der Waals surface area contributed by atoms with Gasteiger partial charge in [0.05, 0.1) is 11.8 Å². The van der Waals surface area contributed by atoms with Gasteiger partial charge in [0.1, 0.15) is 0 Å². The van der Waals surface area contributed by atoms with Crippen LogP contribution in [0.25, 0.3) is 0 Å². The summed E-state index contributed by atoms with van der Waals surface area (Å²) in [4.78, 5) is 4.28. The molecular formula is C10H15N3OS2. The summed E-state index contributed by atoms with van der Waals surface area (Å²) in [6.07, 6.45) is 2.57.